The lowest BCUT2D eigenvalue weighted by Crippen LogP contribution is -2.48. The van der Waals surface area contributed by atoms with Gasteiger partial charge in [-0.3, -0.25) is 0 Å². The summed E-state index contributed by atoms with van der Waals surface area (Å²) in [5.41, 5.74) is 0.519. The van der Waals surface area contributed by atoms with Gasteiger partial charge in [-0.25, -0.2) is 0 Å². The van der Waals surface area contributed by atoms with Crippen LogP contribution in [0.2, 0.25) is 0 Å². The van der Waals surface area contributed by atoms with E-state index in [9.17, 15) is 0 Å². The number of hydrogen-bond acceptors (Lipinski definition) is 3. The standard InChI is InChI=1S/C18H37N3/c1-16(2)19-14-18(8-5-7-17(3)13-18)15-21-10-6-9-20(4)11-12-21/h16-17,19H,5-15H2,1-4H3. The Kier molecular flexibility index (Phi) is 6.51. The van der Waals surface area contributed by atoms with Gasteiger partial charge in [-0.2, -0.15) is 0 Å². The first kappa shape index (κ1) is 17.2. The van der Waals surface area contributed by atoms with Gasteiger partial charge >= 0.3 is 0 Å². The van der Waals surface area contributed by atoms with E-state index >= 15 is 0 Å². The normalized spacial score (nSPS) is 33.3. The second-order valence-corrected chi connectivity index (χ2v) is 8.17. The summed E-state index contributed by atoms with van der Waals surface area (Å²) in [6.07, 6.45) is 7.03. The van der Waals surface area contributed by atoms with Crippen molar-refractivity contribution in [2.24, 2.45) is 11.3 Å². The molecule has 0 bridgehead atoms. The van der Waals surface area contributed by atoms with E-state index < -0.39 is 0 Å². The average molecular weight is 296 g/mol. The van der Waals surface area contributed by atoms with E-state index in [1.54, 1.807) is 0 Å². The molecule has 1 aliphatic carbocycles. The summed E-state index contributed by atoms with van der Waals surface area (Å²) in [5, 5.41) is 3.75. The fourth-order valence-corrected chi connectivity index (χ4v) is 4.28. The van der Waals surface area contributed by atoms with Crippen LogP contribution in [0.3, 0.4) is 0 Å². The molecule has 124 valence electrons. The largest absolute Gasteiger partial charge is 0.314 e. The van der Waals surface area contributed by atoms with Gasteiger partial charge in [0.15, 0.2) is 0 Å². The SMILES string of the molecule is CC1CCCC(CNC(C)C)(CN2CCCN(C)CC2)C1. The monoisotopic (exact) mass is 295 g/mol. The molecule has 2 rings (SSSR count). The highest BCUT2D eigenvalue weighted by atomic mass is 15.2. The lowest BCUT2D eigenvalue weighted by Gasteiger charge is -2.44. The Morgan fingerprint density at radius 3 is 2.67 bits per heavy atom. The maximum Gasteiger partial charge on any atom is 0.0109 e. The highest BCUT2D eigenvalue weighted by molar-refractivity contribution is 4.91. The maximum absolute atomic E-state index is 3.75. The summed E-state index contributed by atoms with van der Waals surface area (Å²) in [4.78, 5) is 5.24. The molecule has 3 heteroatoms. The van der Waals surface area contributed by atoms with Crippen LogP contribution in [0.4, 0.5) is 0 Å². The van der Waals surface area contributed by atoms with E-state index in [1.165, 1.54) is 71.4 Å². The van der Waals surface area contributed by atoms with Crippen LogP contribution < -0.4 is 5.32 Å². The van der Waals surface area contributed by atoms with E-state index in [1.807, 2.05) is 0 Å². The maximum atomic E-state index is 3.75. The third-order valence-electron chi connectivity index (χ3n) is 5.44. The average Bonchev–Trinajstić information content (AvgIpc) is 2.62. The molecule has 3 nitrogen and oxygen atoms in total. The van der Waals surface area contributed by atoms with E-state index in [0.29, 0.717) is 11.5 Å². The molecule has 2 fully saturated rings. The fourth-order valence-electron chi connectivity index (χ4n) is 4.28. The Hall–Kier alpha value is -0.120. The second kappa shape index (κ2) is 7.94. The Bertz CT molecular complexity index is 305. The molecular formula is C18H37N3. The van der Waals surface area contributed by atoms with E-state index in [-0.39, 0.29) is 0 Å². The molecule has 1 aliphatic heterocycles. The Balaban J connectivity index is 1.97. The molecule has 2 atom stereocenters. The molecule has 1 N–H and O–H groups in total. The summed E-state index contributed by atoms with van der Waals surface area (Å²) in [6.45, 7) is 14.6. The van der Waals surface area contributed by atoms with Gasteiger partial charge in [0, 0.05) is 32.2 Å². The van der Waals surface area contributed by atoms with Crippen molar-refractivity contribution in [1.82, 2.24) is 15.1 Å². The van der Waals surface area contributed by atoms with E-state index in [2.05, 4.69) is 42.9 Å². The third kappa shape index (κ3) is 5.54. The molecule has 0 aromatic heterocycles. The second-order valence-electron chi connectivity index (χ2n) is 8.17. The number of hydrogen-bond donors (Lipinski definition) is 1. The third-order valence-corrected chi connectivity index (χ3v) is 5.44. The minimum Gasteiger partial charge on any atom is -0.314 e. The van der Waals surface area contributed by atoms with Gasteiger partial charge in [-0.05, 0) is 50.7 Å². The Morgan fingerprint density at radius 2 is 1.95 bits per heavy atom. The van der Waals surface area contributed by atoms with Crippen molar-refractivity contribution < 1.29 is 0 Å². The van der Waals surface area contributed by atoms with Crippen molar-refractivity contribution in [1.29, 1.82) is 0 Å². The van der Waals surface area contributed by atoms with Crippen molar-refractivity contribution in [3.8, 4) is 0 Å². The van der Waals surface area contributed by atoms with Gasteiger partial charge in [-0.15, -0.1) is 0 Å². The zero-order valence-corrected chi connectivity index (χ0v) is 14.8. The van der Waals surface area contributed by atoms with Crippen molar-refractivity contribution in [3.63, 3.8) is 0 Å². The first-order chi connectivity index (χ1) is 9.99. The minimum atomic E-state index is 0.519. The molecule has 0 amide bonds. The topological polar surface area (TPSA) is 18.5 Å². The van der Waals surface area contributed by atoms with Gasteiger partial charge in [0.25, 0.3) is 0 Å². The first-order valence-corrected chi connectivity index (χ1v) is 9.13. The molecule has 2 unspecified atom stereocenters. The highest BCUT2D eigenvalue weighted by Crippen LogP contribution is 2.39. The van der Waals surface area contributed by atoms with Crippen LogP contribution in [0.15, 0.2) is 0 Å². The van der Waals surface area contributed by atoms with Crippen molar-refractivity contribution in [2.75, 3.05) is 46.3 Å². The Morgan fingerprint density at radius 1 is 1.14 bits per heavy atom. The molecule has 21 heavy (non-hydrogen) atoms. The quantitative estimate of drug-likeness (QED) is 0.841. The molecule has 0 aromatic carbocycles. The van der Waals surface area contributed by atoms with Crippen LogP contribution in [0, 0.1) is 11.3 Å². The van der Waals surface area contributed by atoms with Crippen LogP contribution in [-0.4, -0.2) is 62.2 Å². The van der Waals surface area contributed by atoms with Gasteiger partial charge in [0.1, 0.15) is 0 Å². The molecule has 2 aliphatic rings. The molecule has 1 saturated carbocycles. The molecule has 1 heterocycles. The fraction of sp³-hybridized carbons (Fsp3) is 1.00. The van der Waals surface area contributed by atoms with Crippen molar-refractivity contribution >= 4 is 0 Å². The minimum absolute atomic E-state index is 0.519. The van der Waals surface area contributed by atoms with E-state index in [4.69, 9.17) is 0 Å². The van der Waals surface area contributed by atoms with Gasteiger partial charge in [0.05, 0.1) is 0 Å². The Labute approximate surface area is 132 Å². The van der Waals surface area contributed by atoms with Crippen LogP contribution in [0.5, 0.6) is 0 Å². The number of rotatable bonds is 5. The van der Waals surface area contributed by atoms with Gasteiger partial charge in [0.2, 0.25) is 0 Å². The predicted octanol–water partition coefficient (Wildman–Crippen LogP) is 2.82. The lowest BCUT2D eigenvalue weighted by molar-refractivity contribution is 0.0799. The number of nitrogens with one attached hydrogen (secondary N) is 1. The van der Waals surface area contributed by atoms with Crippen LogP contribution in [-0.2, 0) is 0 Å². The van der Waals surface area contributed by atoms with Crippen LogP contribution in [0.1, 0.15) is 52.9 Å². The van der Waals surface area contributed by atoms with Gasteiger partial charge in [-0.1, -0.05) is 33.6 Å². The van der Waals surface area contributed by atoms with Crippen LogP contribution >= 0.6 is 0 Å². The smallest absolute Gasteiger partial charge is 0.0109 e. The summed E-state index contributed by atoms with van der Waals surface area (Å²) >= 11 is 0. The predicted molar refractivity (Wildman–Crippen MR) is 91.8 cm³/mol. The lowest BCUT2D eigenvalue weighted by atomic mass is 9.69. The zero-order valence-electron chi connectivity index (χ0n) is 14.8. The number of nitrogens with zero attached hydrogens (tertiary/aromatic N) is 2. The zero-order chi connectivity index (χ0) is 15.3. The molecule has 0 aromatic rings. The molecule has 0 radical (unpaired) electrons. The van der Waals surface area contributed by atoms with Crippen molar-refractivity contribution in [3.05, 3.63) is 0 Å². The van der Waals surface area contributed by atoms with E-state index in [0.717, 1.165) is 5.92 Å². The molecule has 1 saturated heterocycles. The summed E-state index contributed by atoms with van der Waals surface area (Å²) in [5.74, 6) is 0.905. The summed E-state index contributed by atoms with van der Waals surface area (Å²) in [7, 11) is 2.27. The van der Waals surface area contributed by atoms with Crippen molar-refractivity contribution in [2.45, 2.75) is 58.9 Å². The molecule has 0 spiro atoms. The summed E-state index contributed by atoms with van der Waals surface area (Å²) in [6, 6.07) is 0.606. The van der Waals surface area contributed by atoms with Gasteiger partial charge < -0.3 is 15.1 Å². The first-order valence-electron chi connectivity index (χ1n) is 9.13. The highest BCUT2D eigenvalue weighted by Gasteiger charge is 2.36. The summed E-state index contributed by atoms with van der Waals surface area (Å²) < 4.78 is 0. The molecular weight excluding hydrogens is 258 g/mol. The van der Waals surface area contributed by atoms with Crippen LogP contribution in [0.25, 0.3) is 0 Å². The number of likely N-dealkylation sites (N-methyl/N-ethyl adjacent to an activating group) is 1.